The van der Waals surface area contributed by atoms with Gasteiger partial charge >= 0.3 is 5.97 Å². The molecule has 0 radical (unpaired) electrons. The summed E-state index contributed by atoms with van der Waals surface area (Å²) in [5.41, 5.74) is 0.560. The van der Waals surface area contributed by atoms with Crippen molar-refractivity contribution in [2.45, 2.75) is 0 Å². The second-order valence-electron chi connectivity index (χ2n) is 6.89. The van der Waals surface area contributed by atoms with Crippen LogP contribution in [0.2, 0.25) is 0 Å². The molecule has 5 heteroatoms. The molecule has 2 atom stereocenters. The average Bonchev–Trinajstić information content (AvgIpc) is 3.08. The number of fused-ring (bicyclic) bond motifs is 1. The van der Waals surface area contributed by atoms with Gasteiger partial charge in [0.25, 0.3) is 0 Å². The van der Waals surface area contributed by atoms with Crippen LogP contribution in [0.25, 0.3) is 6.08 Å². The molecule has 1 aromatic carbocycles. The maximum atomic E-state index is 12.0. The predicted molar refractivity (Wildman–Crippen MR) is 93.8 cm³/mol. The van der Waals surface area contributed by atoms with Crippen LogP contribution in [0.15, 0.2) is 36.4 Å². The summed E-state index contributed by atoms with van der Waals surface area (Å²) in [5, 5.41) is 9.84. The molecule has 1 aromatic rings. The van der Waals surface area contributed by atoms with Crippen LogP contribution in [0.5, 0.6) is 0 Å². The van der Waals surface area contributed by atoms with Crippen molar-refractivity contribution in [2.24, 2.45) is 11.3 Å². The molecule has 0 bridgehead atoms. The third-order valence-electron chi connectivity index (χ3n) is 5.26. The summed E-state index contributed by atoms with van der Waals surface area (Å²) in [6.07, 6.45) is 4.24. The summed E-state index contributed by atoms with van der Waals surface area (Å²) in [7, 11) is 1.69. The predicted octanol–water partition coefficient (Wildman–Crippen LogP) is 1.66. The van der Waals surface area contributed by atoms with Crippen LogP contribution in [-0.4, -0.2) is 73.9 Å². The zero-order chi connectivity index (χ0) is 17.0. The fraction of sp³-hybridized carbons (Fsp3) is 0.526. The molecule has 2 fully saturated rings. The van der Waals surface area contributed by atoms with Crippen LogP contribution < -0.4 is 0 Å². The summed E-state index contributed by atoms with van der Waals surface area (Å²) in [6.45, 7) is 5.26. The molecule has 2 heterocycles. The Morgan fingerprint density at radius 2 is 2.00 bits per heavy atom. The highest BCUT2D eigenvalue weighted by Crippen LogP contribution is 2.42. The highest BCUT2D eigenvalue weighted by molar-refractivity contribution is 5.77. The fourth-order valence-electron chi connectivity index (χ4n) is 4.01. The summed E-state index contributed by atoms with van der Waals surface area (Å²) < 4.78 is 5.13. The molecule has 1 N–H and O–H groups in total. The largest absolute Gasteiger partial charge is 0.481 e. The van der Waals surface area contributed by atoms with Crippen LogP contribution in [0, 0.1) is 11.3 Å². The van der Waals surface area contributed by atoms with Crippen LogP contribution in [0.1, 0.15) is 5.56 Å². The first kappa shape index (κ1) is 17.1. The number of likely N-dealkylation sites (tertiary alicyclic amines) is 2. The van der Waals surface area contributed by atoms with Gasteiger partial charge in [0.15, 0.2) is 0 Å². The van der Waals surface area contributed by atoms with Gasteiger partial charge in [-0.15, -0.1) is 0 Å². The van der Waals surface area contributed by atoms with Crippen LogP contribution in [0.4, 0.5) is 0 Å². The molecule has 2 aliphatic rings. The van der Waals surface area contributed by atoms with Crippen molar-refractivity contribution >= 4 is 12.0 Å². The van der Waals surface area contributed by atoms with E-state index < -0.39 is 11.4 Å². The second kappa shape index (κ2) is 7.47. The number of hydrogen-bond acceptors (Lipinski definition) is 4. The van der Waals surface area contributed by atoms with Crippen LogP contribution in [-0.2, 0) is 9.53 Å². The number of hydrogen-bond donors (Lipinski definition) is 1. The molecule has 2 aliphatic heterocycles. The van der Waals surface area contributed by atoms with Crippen molar-refractivity contribution in [3.8, 4) is 0 Å². The molecule has 0 spiro atoms. The molecule has 5 nitrogen and oxygen atoms in total. The summed E-state index contributed by atoms with van der Waals surface area (Å²) >= 11 is 0. The third-order valence-corrected chi connectivity index (χ3v) is 5.26. The van der Waals surface area contributed by atoms with Crippen molar-refractivity contribution in [2.75, 3.05) is 53.0 Å². The number of ether oxygens (including phenoxy) is 1. The topological polar surface area (TPSA) is 53.0 Å². The number of methoxy groups -OCH3 is 1. The van der Waals surface area contributed by atoms with E-state index in [-0.39, 0.29) is 5.92 Å². The van der Waals surface area contributed by atoms with Gasteiger partial charge < -0.3 is 9.84 Å². The normalized spacial score (nSPS) is 27.8. The van der Waals surface area contributed by atoms with Crippen molar-refractivity contribution in [3.63, 3.8) is 0 Å². The van der Waals surface area contributed by atoms with Crippen molar-refractivity contribution in [1.29, 1.82) is 0 Å². The van der Waals surface area contributed by atoms with Gasteiger partial charge in [-0.3, -0.25) is 14.6 Å². The lowest BCUT2D eigenvalue weighted by atomic mass is 9.81. The second-order valence-corrected chi connectivity index (χ2v) is 6.89. The minimum atomic E-state index is -0.651. The van der Waals surface area contributed by atoms with Crippen molar-refractivity contribution in [3.05, 3.63) is 42.0 Å². The molecular weight excluding hydrogens is 304 g/mol. The molecule has 0 unspecified atom stereocenters. The number of rotatable bonds is 7. The first-order chi connectivity index (χ1) is 11.6. The van der Waals surface area contributed by atoms with Gasteiger partial charge in [0, 0.05) is 52.3 Å². The SMILES string of the molecule is COCCN1C[C@@H]2CN(CC=Cc3ccccc3)C[C@]2(C(=O)O)C1. The van der Waals surface area contributed by atoms with E-state index in [1.807, 2.05) is 18.2 Å². The fourth-order valence-corrected chi connectivity index (χ4v) is 4.01. The first-order valence-electron chi connectivity index (χ1n) is 8.53. The van der Waals surface area contributed by atoms with Gasteiger partial charge in [-0.05, 0) is 5.56 Å². The standard InChI is InChI=1S/C19H26N2O3/c1-24-11-10-21-13-17-12-20(14-19(17,15-21)18(22)23)9-5-8-16-6-3-2-4-7-16/h2-8,17H,9-15H2,1H3,(H,22,23)/t17-,19-/m0/s1. The molecule has 0 aromatic heterocycles. The van der Waals surface area contributed by atoms with E-state index in [9.17, 15) is 9.90 Å². The summed E-state index contributed by atoms with van der Waals surface area (Å²) in [4.78, 5) is 16.5. The molecule has 24 heavy (non-hydrogen) atoms. The van der Waals surface area contributed by atoms with Gasteiger partial charge in [0.1, 0.15) is 0 Å². The smallest absolute Gasteiger partial charge is 0.312 e. The van der Waals surface area contributed by atoms with Gasteiger partial charge in [-0.25, -0.2) is 0 Å². The maximum absolute atomic E-state index is 12.0. The third kappa shape index (κ3) is 3.53. The molecular formula is C19H26N2O3. The lowest BCUT2D eigenvalue weighted by Gasteiger charge is -2.25. The zero-order valence-electron chi connectivity index (χ0n) is 14.2. The quantitative estimate of drug-likeness (QED) is 0.824. The Bertz CT molecular complexity index is 590. The molecule has 3 rings (SSSR count). The number of carboxylic acid groups (broad SMARTS) is 1. The van der Waals surface area contributed by atoms with Gasteiger partial charge in [0.2, 0.25) is 0 Å². The Kier molecular flexibility index (Phi) is 5.33. The van der Waals surface area contributed by atoms with Crippen molar-refractivity contribution < 1.29 is 14.6 Å². The average molecular weight is 330 g/mol. The van der Waals surface area contributed by atoms with E-state index in [1.54, 1.807) is 7.11 Å². The molecule has 0 saturated carbocycles. The number of carboxylic acids is 1. The Morgan fingerprint density at radius 3 is 2.67 bits per heavy atom. The summed E-state index contributed by atoms with van der Waals surface area (Å²) in [5.74, 6) is -0.445. The minimum absolute atomic E-state index is 0.206. The van der Waals surface area contributed by atoms with E-state index >= 15 is 0 Å². The Hall–Kier alpha value is -1.69. The highest BCUT2D eigenvalue weighted by atomic mass is 16.5. The van der Waals surface area contributed by atoms with Crippen molar-refractivity contribution in [1.82, 2.24) is 9.80 Å². The monoisotopic (exact) mass is 330 g/mol. The van der Waals surface area contributed by atoms with E-state index in [0.29, 0.717) is 19.7 Å². The number of nitrogens with zero attached hydrogens (tertiary/aromatic N) is 2. The Morgan fingerprint density at radius 1 is 1.29 bits per heavy atom. The highest BCUT2D eigenvalue weighted by Gasteiger charge is 2.57. The van der Waals surface area contributed by atoms with Gasteiger partial charge in [-0.1, -0.05) is 42.5 Å². The number of aliphatic carboxylic acids is 1. The number of carbonyl (C=O) groups is 1. The Balaban J connectivity index is 1.59. The van der Waals surface area contributed by atoms with E-state index in [4.69, 9.17) is 4.74 Å². The molecule has 0 amide bonds. The van der Waals surface area contributed by atoms with Gasteiger partial charge in [-0.2, -0.15) is 0 Å². The minimum Gasteiger partial charge on any atom is -0.481 e. The van der Waals surface area contributed by atoms with Crippen LogP contribution >= 0.6 is 0 Å². The lowest BCUT2D eigenvalue weighted by molar-refractivity contribution is -0.148. The van der Waals surface area contributed by atoms with E-state index in [2.05, 4.69) is 34.1 Å². The van der Waals surface area contributed by atoms with Gasteiger partial charge in [0.05, 0.1) is 12.0 Å². The zero-order valence-corrected chi connectivity index (χ0v) is 14.2. The summed E-state index contributed by atoms with van der Waals surface area (Å²) in [6, 6.07) is 10.2. The lowest BCUT2D eigenvalue weighted by Crippen LogP contribution is -2.41. The van der Waals surface area contributed by atoms with E-state index in [1.165, 1.54) is 5.56 Å². The molecule has 2 saturated heterocycles. The molecule has 0 aliphatic carbocycles. The van der Waals surface area contributed by atoms with E-state index in [0.717, 1.165) is 26.2 Å². The first-order valence-corrected chi connectivity index (χ1v) is 8.53. The maximum Gasteiger partial charge on any atom is 0.312 e. The Labute approximate surface area is 143 Å². The number of benzene rings is 1. The molecule has 130 valence electrons. The van der Waals surface area contributed by atoms with Crippen LogP contribution in [0.3, 0.4) is 0 Å².